The molecule has 0 spiro atoms. The molecule has 0 saturated heterocycles. The second kappa shape index (κ2) is 10.3. The summed E-state index contributed by atoms with van der Waals surface area (Å²) in [7, 11) is 0. The zero-order valence-electron chi connectivity index (χ0n) is 23.6. The predicted molar refractivity (Wildman–Crippen MR) is 155 cm³/mol. The van der Waals surface area contributed by atoms with Crippen LogP contribution < -0.4 is 4.90 Å². The van der Waals surface area contributed by atoms with Crippen molar-refractivity contribution in [3.8, 4) is 0 Å². The molecule has 2 aromatic rings. The summed E-state index contributed by atoms with van der Waals surface area (Å²) in [6.07, 6.45) is 11.2. The quantitative estimate of drug-likeness (QED) is 0.198. The number of rotatable bonds is 9. The second-order valence-electron chi connectivity index (χ2n) is 11.5. The Bertz CT molecular complexity index is 1300. The van der Waals surface area contributed by atoms with Crippen molar-refractivity contribution in [2.24, 2.45) is 0 Å². The van der Waals surface area contributed by atoms with Gasteiger partial charge in [-0.1, -0.05) is 58.2 Å². The van der Waals surface area contributed by atoms with Gasteiger partial charge in [0.2, 0.25) is 5.69 Å². The monoisotopic (exact) mass is 500 g/mol. The van der Waals surface area contributed by atoms with Gasteiger partial charge in [-0.15, -0.1) is 0 Å². The third-order valence-electron chi connectivity index (χ3n) is 8.11. The van der Waals surface area contributed by atoms with Crippen LogP contribution in [0.5, 0.6) is 0 Å². The van der Waals surface area contributed by atoms with E-state index in [0.29, 0.717) is 0 Å². The molecule has 0 amide bonds. The Balaban J connectivity index is 1.77. The summed E-state index contributed by atoms with van der Waals surface area (Å²) in [5.74, 6) is 0. The minimum Gasteiger partial charge on any atom is -0.344 e. The highest BCUT2D eigenvalue weighted by molar-refractivity contribution is 6.03. The molecule has 0 aliphatic carbocycles. The number of nitro benzene ring substituents is 1. The molecule has 37 heavy (non-hydrogen) atoms. The Labute approximate surface area is 222 Å². The van der Waals surface area contributed by atoms with Crippen molar-refractivity contribution in [2.75, 3.05) is 18.0 Å². The highest BCUT2D eigenvalue weighted by atomic mass is 16.6. The maximum atomic E-state index is 11.5. The Kier molecular flexibility index (Phi) is 7.45. The van der Waals surface area contributed by atoms with Crippen LogP contribution in [0.25, 0.3) is 0 Å². The minimum absolute atomic E-state index is 0.0826. The van der Waals surface area contributed by atoms with E-state index in [9.17, 15) is 10.1 Å². The summed E-state index contributed by atoms with van der Waals surface area (Å²) >= 11 is 0. The molecule has 0 fully saturated rings. The Morgan fingerprint density at radius 2 is 1.70 bits per heavy atom. The number of aryl methyl sites for hydroxylation is 1. The first kappa shape index (κ1) is 26.8. The number of nitrogens with zero attached hydrogens (tertiary/aromatic N) is 3. The van der Waals surface area contributed by atoms with E-state index >= 15 is 0 Å². The van der Waals surface area contributed by atoms with Gasteiger partial charge in [0.1, 0.15) is 6.54 Å². The molecule has 2 aliphatic rings. The number of fused-ring (bicyclic) bond motifs is 2. The molecule has 0 unspecified atom stereocenters. The van der Waals surface area contributed by atoms with E-state index in [1.54, 1.807) is 12.1 Å². The van der Waals surface area contributed by atoms with Crippen molar-refractivity contribution in [3.63, 3.8) is 0 Å². The number of hydrogen-bond acceptors (Lipinski definition) is 3. The highest BCUT2D eigenvalue weighted by Gasteiger charge is 2.44. The lowest BCUT2D eigenvalue weighted by Crippen LogP contribution is -2.28. The zero-order valence-corrected chi connectivity index (χ0v) is 23.6. The normalized spacial score (nSPS) is 18.7. The average Bonchev–Trinajstić information content (AvgIpc) is 3.19. The van der Waals surface area contributed by atoms with E-state index in [-0.39, 0.29) is 21.4 Å². The second-order valence-corrected chi connectivity index (χ2v) is 11.5. The average molecular weight is 501 g/mol. The fourth-order valence-electron chi connectivity index (χ4n) is 5.91. The maximum Gasteiger partial charge on any atom is 0.269 e. The molecular weight excluding hydrogens is 458 g/mol. The van der Waals surface area contributed by atoms with E-state index in [0.717, 1.165) is 50.0 Å². The van der Waals surface area contributed by atoms with E-state index < -0.39 is 0 Å². The first-order valence-corrected chi connectivity index (χ1v) is 13.7. The third-order valence-corrected chi connectivity index (χ3v) is 8.11. The van der Waals surface area contributed by atoms with E-state index in [4.69, 9.17) is 0 Å². The van der Waals surface area contributed by atoms with Gasteiger partial charge in [-0.25, -0.2) is 0 Å². The van der Waals surface area contributed by atoms with E-state index in [1.165, 1.54) is 28.2 Å². The molecule has 0 saturated carbocycles. The summed E-state index contributed by atoms with van der Waals surface area (Å²) in [5, 5.41) is 11.5. The van der Waals surface area contributed by atoms with Crippen LogP contribution in [0.4, 0.5) is 17.1 Å². The summed E-state index contributed by atoms with van der Waals surface area (Å²) < 4.78 is 2.50. The van der Waals surface area contributed by atoms with Crippen molar-refractivity contribution in [3.05, 3.63) is 87.1 Å². The molecular formula is C32H42N3O2+. The Morgan fingerprint density at radius 1 is 0.973 bits per heavy atom. The third kappa shape index (κ3) is 4.76. The lowest BCUT2D eigenvalue weighted by Gasteiger charge is -2.27. The van der Waals surface area contributed by atoms with Gasteiger partial charge in [-0.2, -0.15) is 4.58 Å². The van der Waals surface area contributed by atoms with Crippen LogP contribution in [-0.4, -0.2) is 28.3 Å². The summed E-state index contributed by atoms with van der Waals surface area (Å²) in [5.41, 5.74) is 8.38. The van der Waals surface area contributed by atoms with Crippen molar-refractivity contribution < 1.29 is 9.50 Å². The topological polar surface area (TPSA) is 49.4 Å². The molecule has 5 heteroatoms. The van der Waals surface area contributed by atoms with Crippen molar-refractivity contribution in [1.82, 2.24) is 0 Å². The van der Waals surface area contributed by atoms with Crippen molar-refractivity contribution >= 4 is 22.8 Å². The number of allylic oxidation sites excluding steroid dienone is 4. The first-order valence-electron chi connectivity index (χ1n) is 13.7. The van der Waals surface area contributed by atoms with Gasteiger partial charge < -0.3 is 4.90 Å². The van der Waals surface area contributed by atoms with Gasteiger partial charge >= 0.3 is 0 Å². The molecule has 5 nitrogen and oxygen atoms in total. The number of non-ortho nitro benzene ring substituents is 1. The van der Waals surface area contributed by atoms with Crippen LogP contribution >= 0.6 is 0 Å². The van der Waals surface area contributed by atoms with Gasteiger partial charge in [0.15, 0.2) is 5.71 Å². The van der Waals surface area contributed by atoms with Crippen LogP contribution in [-0.2, 0) is 10.8 Å². The first-order chi connectivity index (χ1) is 17.5. The molecule has 0 bridgehead atoms. The van der Waals surface area contributed by atoms with Gasteiger partial charge in [0, 0.05) is 59.6 Å². The maximum absolute atomic E-state index is 11.5. The van der Waals surface area contributed by atoms with E-state index in [1.807, 2.05) is 6.07 Å². The lowest BCUT2D eigenvalue weighted by molar-refractivity contribution is -0.438. The SMILES string of the molecule is CCCCN1/C(=C\C=C\C2=[N+](CCCC)c3ccc(C)cc3C2(C)C)C(C)(C)c2cc([N+](=O)[O-])ccc21. The molecule has 4 rings (SSSR count). The molecule has 2 aliphatic heterocycles. The van der Waals surface area contributed by atoms with Crippen LogP contribution in [0.1, 0.15) is 83.9 Å². The number of benzene rings is 2. The summed E-state index contributed by atoms with van der Waals surface area (Å²) in [6, 6.07) is 12.1. The number of anilines is 1. The fourth-order valence-corrected chi connectivity index (χ4v) is 5.91. The van der Waals surface area contributed by atoms with Crippen LogP contribution in [0.2, 0.25) is 0 Å². The van der Waals surface area contributed by atoms with Crippen molar-refractivity contribution in [2.45, 2.75) is 85.0 Å². The number of nitro groups is 1. The highest BCUT2D eigenvalue weighted by Crippen LogP contribution is 2.49. The van der Waals surface area contributed by atoms with Crippen LogP contribution in [0.3, 0.4) is 0 Å². The Hall–Kier alpha value is -3.21. The van der Waals surface area contributed by atoms with Gasteiger partial charge in [-0.05, 0) is 51.0 Å². The van der Waals surface area contributed by atoms with Crippen molar-refractivity contribution in [1.29, 1.82) is 0 Å². The number of unbranched alkanes of at least 4 members (excludes halogenated alkanes) is 2. The molecule has 2 aromatic carbocycles. The summed E-state index contributed by atoms with van der Waals surface area (Å²) in [6.45, 7) is 17.5. The molecule has 0 radical (unpaired) electrons. The van der Waals surface area contributed by atoms with Gasteiger partial charge in [-0.3, -0.25) is 10.1 Å². The zero-order chi connectivity index (χ0) is 27.0. The lowest BCUT2D eigenvalue weighted by atomic mass is 9.80. The fraction of sp³-hybridized carbons (Fsp3) is 0.469. The van der Waals surface area contributed by atoms with Crippen LogP contribution in [0.15, 0.2) is 60.3 Å². The predicted octanol–water partition coefficient (Wildman–Crippen LogP) is 8.12. The molecule has 2 heterocycles. The Morgan fingerprint density at radius 3 is 2.38 bits per heavy atom. The summed E-state index contributed by atoms with van der Waals surface area (Å²) in [4.78, 5) is 13.6. The van der Waals surface area contributed by atoms with E-state index in [2.05, 4.69) is 94.4 Å². The minimum atomic E-state index is -0.322. The molecule has 196 valence electrons. The standard InChI is InChI=1S/C32H42N3O2/c1-8-10-19-33-27-17-15-23(3)21-25(27)31(4,5)29(33)13-12-14-30-32(6,7)26-22-24(35(36)37)16-18-28(26)34(30)20-11-9-2/h12-18,21-22H,8-11,19-20H2,1-7H3/q+1. The number of hydrogen-bond donors (Lipinski definition) is 0. The largest absolute Gasteiger partial charge is 0.344 e. The molecule has 0 aromatic heterocycles. The van der Waals surface area contributed by atoms with Crippen LogP contribution in [0, 0.1) is 17.0 Å². The molecule has 0 N–H and O–H groups in total. The smallest absolute Gasteiger partial charge is 0.269 e. The van der Waals surface area contributed by atoms with Gasteiger partial charge in [0.05, 0.1) is 10.3 Å². The molecule has 0 atom stereocenters. The van der Waals surface area contributed by atoms with Gasteiger partial charge in [0.25, 0.3) is 5.69 Å².